The first-order valence-corrected chi connectivity index (χ1v) is 10.7. The van der Waals surface area contributed by atoms with Gasteiger partial charge in [0.05, 0.1) is 17.1 Å². The second-order valence-corrected chi connectivity index (χ2v) is 8.29. The SMILES string of the molecule is Cc1cc(OCc2cc(Cl)cc3c2OCOC3)cc2c1C(=O)/C(=C/c1cccc([N+](=O)[O-])c1)O2. The first-order valence-electron chi connectivity index (χ1n) is 10.4. The molecule has 5 rings (SSSR count). The average molecular weight is 480 g/mol. The van der Waals surface area contributed by atoms with E-state index in [4.69, 9.17) is 30.5 Å². The third kappa shape index (κ3) is 4.21. The predicted molar refractivity (Wildman–Crippen MR) is 123 cm³/mol. The van der Waals surface area contributed by atoms with E-state index in [0.717, 1.165) is 11.1 Å². The van der Waals surface area contributed by atoms with Gasteiger partial charge in [-0.05, 0) is 42.3 Å². The van der Waals surface area contributed by atoms with Crippen molar-refractivity contribution in [2.75, 3.05) is 6.79 Å². The Kier molecular flexibility index (Phi) is 5.69. The van der Waals surface area contributed by atoms with Gasteiger partial charge in [0.15, 0.2) is 12.6 Å². The zero-order valence-electron chi connectivity index (χ0n) is 18.0. The van der Waals surface area contributed by atoms with Crippen LogP contribution in [0.4, 0.5) is 5.69 Å². The van der Waals surface area contributed by atoms with E-state index in [2.05, 4.69) is 0 Å². The maximum Gasteiger partial charge on any atom is 0.270 e. The van der Waals surface area contributed by atoms with Crippen molar-refractivity contribution in [1.82, 2.24) is 0 Å². The van der Waals surface area contributed by atoms with Gasteiger partial charge in [0.25, 0.3) is 5.69 Å². The van der Waals surface area contributed by atoms with E-state index >= 15 is 0 Å². The number of carbonyl (C=O) groups excluding carboxylic acids is 1. The molecule has 0 atom stereocenters. The monoisotopic (exact) mass is 479 g/mol. The molecule has 0 aliphatic carbocycles. The number of aryl methyl sites for hydroxylation is 1. The number of hydrogen-bond acceptors (Lipinski definition) is 7. The Morgan fingerprint density at radius 1 is 1.21 bits per heavy atom. The number of hydrogen-bond donors (Lipinski definition) is 0. The quantitative estimate of drug-likeness (QED) is 0.266. The number of nitro benzene ring substituents is 1. The number of fused-ring (bicyclic) bond motifs is 2. The normalized spacial score (nSPS) is 15.4. The van der Waals surface area contributed by atoms with Crippen molar-refractivity contribution in [3.8, 4) is 17.2 Å². The average Bonchev–Trinajstić information content (AvgIpc) is 3.12. The number of nitrogens with zero attached hydrogens (tertiary/aromatic N) is 1. The molecule has 0 aromatic heterocycles. The van der Waals surface area contributed by atoms with Gasteiger partial charge < -0.3 is 18.9 Å². The van der Waals surface area contributed by atoms with Crippen LogP contribution in [0.15, 0.2) is 54.3 Å². The second kappa shape index (κ2) is 8.81. The van der Waals surface area contributed by atoms with Crippen LogP contribution in [0.1, 0.15) is 32.6 Å². The summed E-state index contributed by atoms with van der Waals surface area (Å²) in [6.07, 6.45) is 1.49. The fraction of sp³-hybridized carbons (Fsp3) is 0.160. The first kappa shape index (κ1) is 21.9. The standard InChI is InChI=1S/C25H18ClNO7/c1-14-5-20(32-12-17-9-18(26)8-16-11-31-13-33-25(16)17)10-21-23(14)24(28)22(34-21)7-15-3-2-4-19(6-15)27(29)30/h2-10H,11-13H2,1H3/b22-7-. The Hall–Kier alpha value is -3.88. The van der Waals surface area contributed by atoms with E-state index in [0.29, 0.717) is 45.6 Å². The maximum absolute atomic E-state index is 12.9. The summed E-state index contributed by atoms with van der Waals surface area (Å²) >= 11 is 6.22. The Balaban J connectivity index is 1.39. The molecule has 3 aromatic carbocycles. The van der Waals surface area contributed by atoms with Gasteiger partial charge in [0, 0.05) is 34.3 Å². The molecule has 0 spiro atoms. The van der Waals surface area contributed by atoms with Gasteiger partial charge in [0.1, 0.15) is 23.9 Å². The number of ether oxygens (including phenoxy) is 4. The number of non-ortho nitro benzene ring substituents is 1. The highest BCUT2D eigenvalue weighted by atomic mass is 35.5. The molecule has 0 radical (unpaired) electrons. The third-order valence-corrected chi connectivity index (χ3v) is 5.69. The smallest absolute Gasteiger partial charge is 0.270 e. The third-order valence-electron chi connectivity index (χ3n) is 5.47. The molecule has 172 valence electrons. The van der Waals surface area contributed by atoms with Crippen molar-refractivity contribution in [1.29, 1.82) is 0 Å². The van der Waals surface area contributed by atoms with Crippen LogP contribution in [0.3, 0.4) is 0 Å². The molecule has 34 heavy (non-hydrogen) atoms. The first-order chi connectivity index (χ1) is 16.4. The number of carbonyl (C=O) groups is 1. The molecule has 2 heterocycles. The summed E-state index contributed by atoms with van der Waals surface area (Å²) in [6, 6.07) is 13.0. The minimum absolute atomic E-state index is 0.0667. The van der Waals surface area contributed by atoms with Crippen LogP contribution in [0, 0.1) is 17.0 Å². The largest absolute Gasteiger partial charge is 0.489 e. The maximum atomic E-state index is 12.9. The number of allylic oxidation sites excluding steroid dienone is 1. The highest BCUT2D eigenvalue weighted by Gasteiger charge is 2.30. The summed E-state index contributed by atoms with van der Waals surface area (Å²) in [7, 11) is 0. The molecule has 2 aliphatic rings. The fourth-order valence-electron chi connectivity index (χ4n) is 3.97. The summed E-state index contributed by atoms with van der Waals surface area (Å²) in [5, 5.41) is 11.6. The van der Waals surface area contributed by atoms with Crippen LogP contribution in [0.25, 0.3) is 6.08 Å². The molecule has 3 aromatic rings. The summed E-state index contributed by atoms with van der Waals surface area (Å²) in [6.45, 7) is 2.57. The molecule has 0 saturated heterocycles. The van der Waals surface area contributed by atoms with E-state index in [9.17, 15) is 14.9 Å². The van der Waals surface area contributed by atoms with E-state index in [-0.39, 0.29) is 30.6 Å². The molecule has 2 aliphatic heterocycles. The van der Waals surface area contributed by atoms with Crippen molar-refractivity contribution < 1.29 is 28.7 Å². The Morgan fingerprint density at radius 3 is 2.88 bits per heavy atom. The van der Waals surface area contributed by atoms with Crippen molar-refractivity contribution in [2.45, 2.75) is 20.1 Å². The fourth-order valence-corrected chi connectivity index (χ4v) is 4.23. The highest BCUT2D eigenvalue weighted by molar-refractivity contribution is 6.30. The lowest BCUT2D eigenvalue weighted by atomic mass is 10.0. The van der Waals surface area contributed by atoms with E-state index in [1.165, 1.54) is 18.2 Å². The van der Waals surface area contributed by atoms with Crippen molar-refractivity contribution in [3.63, 3.8) is 0 Å². The molecule has 9 heteroatoms. The molecule has 0 fully saturated rings. The number of rotatable bonds is 5. The van der Waals surface area contributed by atoms with Crippen molar-refractivity contribution in [2.24, 2.45) is 0 Å². The van der Waals surface area contributed by atoms with Crippen LogP contribution in [0.2, 0.25) is 5.02 Å². The van der Waals surface area contributed by atoms with Gasteiger partial charge in [-0.25, -0.2) is 0 Å². The molecule has 8 nitrogen and oxygen atoms in total. The lowest BCUT2D eigenvalue weighted by molar-refractivity contribution is -0.384. The van der Waals surface area contributed by atoms with Gasteiger partial charge in [-0.3, -0.25) is 14.9 Å². The lowest BCUT2D eigenvalue weighted by Gasteiger charge is -2.21. The van der Waals surface area contributed by atoms with Gasteiger partial charge in [-0.15, -0.1) is 0 Å². The van der Waals surface area contributed by atoms with Gasteiger partial charge in [-0.2, -0.15) is 0 Å². The molecule has 0 unspecified atom stereocenters. The Morgan fingerprint density at radius 2 is 2.06 bits per heavy atom. The lowest BCUT2D eigenvalue weighted by Crippen LogP contribution is -2.14. The zero-order valence-corrected chi connectivity index (χ0v) is 18.8. The molecule has 0 N–H and O–H groups in total. The zero-order chi connectivity index (χ0) is 23.8. The number of ketones is 1. The van der Waals surface area contributed by atoms with E-state index < -0.39 is 4.92 Å². The van der Waals surface area contributed by atoms with Gasteiger partial charge >= 0.3 is 0 Å². The number of benzene rings is 3. The molecule has 0 saturated carbocycles. The summed E-state index contributed by atoms with van der Waals surface area (Å²) < 4.78 is 22.7. The van der Waals surface area contributed by atoms with Crippen LogP contribution >= 0.6 is 11.6 Å². The summed E-state index contributed by atoms with van der Waals surface area (Å²) in [5.41, 5.74) is 3.19. The van der Waals surface area contributed by atoms with E-state index in [1.54, 1.807) is 43.3 Å². The minimum Gasteiger partial charge on any atom is -0.489 e. The second-order valence-electron chi connectivity index (χ2n) is 7.86. The summed E-state index contributed by atoms with van der Waals surface area (Å²) in [4.78, 5) is 23.5. The van der Waals surface area contributed by atoms with Crippen molar-refractivity contribution in [3.05, 3.63) is 97.2 Å². The Labute approximate surface area is 199 Å². The van der Waals surface area contributed by atoms with E-state index in [1.807, 2.05) is 0 Å². The molecular formula is C25H18ClNO7. The van der Waals surface area contributed by atoms with Crippen LogP contribution in [-0.4, -0.2) is 17.5 Å². The number of Topliss-reactive ketones (excluding diaryl/α,β-unsaturated/α-hetero) is 1. The minimum atomic E-state index is -0.489. The molecule has 0 amide bonds. The number of nitro groups is 1. The Bertz CT molecular complexity index is 1370. The highest BCUT2D eigenvalue weighted by Crippen LogP contribution is 2.38. The van der Waals surface area contributed by atoms with Crippen molar-refractivity contribution >= 4 is 29.1 Å². The van der Waals surface area contributed by atoms with Crippen LogP contribution < -0.4 is 14.2 Å². The topological polar surface area (TPSA) is 97.1 Å². The van der Waals surface area contributed by atoms with Crippen LogP contribution in [-0.2, 0) is 18.0 Å². The van der Waals surface area contributed by atoms with Gasteiger partial charge in [-0.1, -0.05) is 23.7 Å². The molecule has 0 bridgehead atoms. The predicted octanol–water partition coefficient (Wildman–Crippen LogP) is 5.62. The van der Waals surface area contributed by atoms with Crippen LogP contribution in [0.5, 0.6) is 17.2 Å². The number of halogens is 1. The molecular weight excluding hydrogens is 462 g/mol. The summed E-state index contributed by atoms with van der Waals surface area (Å²) in [5.74, 6) is 1.38. The van der Waals surface area contributed by atoms with Gasteiger partial charge in [0.2, 0.25) is 5.78 Å².